The minimum Gasteiger partial charge on any atom is -0.481 e. The van der Waals surface area contributed by atoms with Gasteiger partial charge in [0.05, 0.1) is 12.0 Å². The topological polar surface area (TPSA) is 63.3 Å². The Labute approximate surface area is 118 Å². The minimum atomic E-state index is -1.12. The van der Waals surface area contributed by atoms with E-state index in [1.54, 1.807) is 0 Å². The van der Waals surface area contributed by atoms with Crippen LogP contribution in [0.15, 0.2) is 36.4 Å². The van der Waals surface area contributed by atoms with Gasteiger partial charge in [0.25, 0.3) is 0 Å². The third-order valence-corrected chi connectivity index (χ3v) is 3.05. The molecule has 0 fully saturated rings. The Morgan fingerprint density at radius 1 is 1.10 bits per heavy atom. The summed E-state index contributed by atoms with van der Waals surface area (Å²) in [6, 6.07) is 5.79. The van der Waals surface area contributed by atoms with Crippen LogP contribution in [0.4, 0.5) is 13.2 Å². The van der Waals surface area contributed by atoms with E-state index in [0.29, 0.717) is 0 Å². The molecule has 0 aliphatic rings. The zero-order valence-corrected chi connectivity index (χ0v) is 10.8. The average molecular weight is 295 g/mol. The summed E-state index contributed by atoms with van der Waals surface area (Å²) in [5, 5.41) is 8.70. The van der Waals surface area contributed by atoms with Crippen molar-refractivity contribution in [1.82, 2.24) is 0 Å². The Kier molecular flexibility index (Phi) is 4.28. The molecular weight excluding hydrogens is 283 g/mol. The highest BCUT2D eigenvalue weighted by molar-refractivity contribution is 5.69. The monoisotopic (exact) mass is 295 g/mol. The van der Waals surface area contributed by atoms with Crippen molar-refractivity contribution in [3.8, 4) is 11.1 Å². The first-order chi connectivity index (χ1) is 9.90. The standard InChI is InChI=1S/C15H12F3NO2/c16-10-5-4-8(13(19)7-14(20)21)6-9(10)15-11(17)2-1-3-12(15)18/h1-6,13H,7,19H2,(H,20,21)/t13-/m0/s1. The molecule has 0 spiro atoms. The van der Waals surface area contributed by atoms with Crippen LogP contribution in [0.2, 0.25) is 0 Å². The van der Waals surface area contributed by atoms with Crippen LogP contribution in [0.1, 0.15) is 18.0 Å². The van der Waals surface area contributed by atoms with Gasteiger partial charge in [-0.1, -0.05) is 12.1 Å². The third-order valence-electron chi connectivity index (χ3n) is 3.05. The van der Waals surface area contributed by atoms with E-state index in [4.69, 9.17) is 10.8 Å². The predicted molar refractivity (Wildman–Crippen MR) is 70.9 cm³/mol. The van der Waals surface area contributed by atoms with Gasteiger partial charge in [-0.25, -0.2) is 13.2 Å². The molecule has 3 N–H and O–H groups in total. The van der Waals surface area contributed by atoms with E-state index in [2.05, 4.69) is 0 Å². The first-order valence-corrected chi connectivity index (χ1v) is 6.11. The summed E-state index contributed by atoms with van der Waals surface area (Å²) in [4.78, 5) is 10.6. The van der Waals surface area contributed by atoms with Gasteiger partial charge < -0.3 is 10.8 Å². The second-order valence-electron chi connectivity index (χ2n) is 4.54. The molecule has 0 heterocycles. The zero-order chi connectivity index (χ0) is 15.6. The smallest absolute Gasteiger partial charge is 0.305 e. The maximum atomic E-state index is 13.9. The van der Waals surface area contributed by atoms with Crippen LogP contribution >= 0.6 is 0 Å². The first-order valence-electron chi connectivity index (χ1n) is 6.11. The lowest BCUT2D eigenvalue weighted by molar-refractivity contribution is -0.137. The maximum Gasteiger partial charge on any atom is 0.305 e. The van der Waals surface area contributed by atoms with E-state index in [1.807, 2.05) is 0 Å². The summed E-state index contributed by atoms with van der Waals surface area (Å²) in [6.45, 7) is 0. The number of aliphatic carboxylic acids is 1. The van der Waals surface area contributed by atoms with Crippen LogP contribution in [0, 0.1) is 17.5 Å². The van der Waals surface area contributed by atoms with Gasteiger partial charge in [-0.05, 0) is 29.8 Å². The van der Waals surface area contributed by atoms with Crippen molar-refractivity contribution in [3.05, 3.63) is 59.4 Å². The Balaban J connectivity index is 2.52. The van der Waals surface area contributed by atoms with Crippen LogP contribution in [-0.4, -0.2) is 11.1 Å². The largest absolute Gasteiger partial charge is 0.481 e. The Bertz CT molecular complexity index is 668. The Morgan fingerprint density at radius 2 is 1.71 bits per heavy atom. The van der Waals surface area contributed by atoms with Crippen molar-refractivity contribution in [2.45, 2.75) is 12.5 Å². The molecule has 0 amide bonds. The number of hydrogen-bond acceptors (Lipinski definition) is 2. The van der Waals surface area contributed by atoms with Gasteiger partial charge in [0, 0.05) is 11.6 Å². The molecule has 0 unspecified atom stereocenters. The fraction of sp³-hybridized carbons (Fsp3) is 0.133. The average Bonchev–Trinajstić information content (AvgIpc) is 2.39. The van der Waals surface area contributed by atoms with Crippen molar-refractivity contribution >= 4 is 5.97 Å². The molecule has 0 aromatic heterocycles. The molecule has 0 aliphatic heterocycles. The normalized spacial score (nSPS) is 12.2. The first kappa shape index (κ1) is 15.1. The second kappa shape index (κ2) is 5.97. The molecule has 0 aliphatic carbocycles. The molecule has 0 saturated carbocycles. The van der Waals surface area contributed by atoms with Crippen LogP contribution in [0.3, 0.4) is 0 Å². The van der Waals surface area contributed by atoms with Gasteiger partial charge in [0.2, 0.25) is 0 Å². The summed E-state index contributed by atoms with van der Waals surface area (Å²) in [7, 11) is 0. The van der Waals surface area contributed by atoms with Gasteiger partial charge in [0.15, 0.2) is 0 Å². The summed E-state index contributed by atoms with van der Waals surface area (Å²) in [5.74, 6) is -3.74. The van der Waals surface area contributed by atoms with Crippen molar-refractivity contribution < 1.29 is 23.1 Å². The molecule has 3 nitrogen and oxygen atoms in total. The zero-order valence-electron chi connectivity index (χ0n) is 10.8. The fourth-order valence-corrected chi connectivity index (χ4v) is 2.03. The number of nitrogens with two attached hydrogens (primary N) is 1. The lowest BCUT2D eigenvalue weighted by Gasteiger charge is -2.13. The number of carboxylic acids is 1. The van der Waals surface area contributed by atoms with Crippen LogP contribution in [0.5, 0.6) is 0 Å². The quantitative estimate of drug-likeness (QED) is 0.910. The van der Waals surface area contributed by atoms with Crippen molar-refractivity contribution in [1.29, 1.82) is 0 Å². The molecule has 6 heteroatoms. The van der Waals surface area contributed by atoms with E-state index in [-0.39, 0.29) is 17.5 Å². The summed E-state index contributed by atoms with van der Waals surface area (Å²) in [5.41, 5.74) is 5.18. The molecule has 0 bridgehead atoms. The Hall–Kier alpha value is -2.34. The molecule has 1 atom stereocenters. The summed E-state index contributed by atoms with van der Waals surface area (Å²) >= 11 is 0. The second-order valence-corrected chi connectivity index (χ2v) is 4.54. The van der Waals surface area contributed by atoms with Gasteiger partial charge in [0.1, 0.15) is 17.5 Å². The third kappa shape index (κ3) is 3.22. The molecule has 110 valence electrons. The number of carboxylic acid groups (broad SMARTS) is 1. The van der Waals surface area contributed by atoms with Gasteiger partial charge in [-0.15, -0.1) is 0 Å². The highest BCUT2D eigenvalue weighted by Gasteiger charge is 2.18. The van der Waals surface area contributed by atoms with Crippen molar-refractivity contribution in [3.63, 3.8) is 0 Å². The molecule has 21 heavy (non-hydrogen) atoms. The number of rotatable bonds is 4. The highest BCUT2D eigenvalue weighted by atomic mass is 19.1. The van der Waals surface area contributed by atoms with Crippen LogP contribution < -0.4 is 5.73 Å². The van der Waals surface area contributed by atoms with Gasteiger partial charge in [-0.3, -0.25) is 4.79 Å². The molecule has 0 radical (unpaired) electrons. The van der Waals surface area contributed by atoms with E-state index < -0.39 is 35.0 Å². The fourth-order valence-electron chi connectivity index (χ4n) is 2.03. The van der Waals surface area contributed by atoms with Crippen LogP contribution in [0.25, 0.3) is 11.1 Å². The van der Waals surface area contributed by atoms with E-state index in [9.17, 15) is 18.0 Å². The van der Waals surface area contributed by atoms with Gasteiger partial charge in [-0.2, -0.15) is 0 Å². The van der Waals surface area contributed by atoms with Crippen molar-refractivity contribution in [2.75, 3.05) is 0 Å². The molecule has 2 rings (SSSR count). The van der Waals surface area contributed by atoms with E-state index in [0.717, 1.165) is 18.2 Å². The predicted octanol–water partition coefficient (Wildman–Crippen LogP) is 3.25. The molecular formula is C15H12F3NO2. The molecule has 0 saturated heterocycles. The minimum absolute atomic E-state index is 0.288. The lowest BCUT2D eigenvalue weighted by Crippen LogP contribution is -2.15. The van der Waals surface area contributed by atoms with Crippen molar-refractivity contribution in [2.24, 2.45) is 5.73 Å². The number of hydrogen-bond donors (Lipinski definition) is 2. The Morgan fingerprint density at radius 3 is 2.29 bits per heavy atom. The van der Waals surface area contributed by atoms with E-state index in [1.165, 1.54) is 18.2 Å². The number of carbonyl (C=O) groups is 1. The highest BCUT2D eigenvalue weighted by Crippen LogP contribution is 2.30. The number of halogens is 3. The maximum absolute atomic E-state index is 13.9. The summed E-state index contributed by atoms with van der Waals surface area (Å²) < 4.78 is 41.3. The SMILES string of the molecule is N[C@@H](CC(=O)O)c1ccc(F)c(-c2c(F)cccc2F)c1. The number of benzene rings is 2. The summed E-state index contributed by atoms with van der Waals surface area (Å²) in [6.07, 6.45) is -0.370. The van der Waals surface area contributed by atoms with E-state index >= 15 is 0 Å². The van der Waals surface area contributed by atoms with Crippen LogP contribution in [-0.2, 0) is 4.79 Å². The lowest BCUT2D eigenvalue weighted by atomic mass is 9.97. The molecule has 2 aromatic rings. The molecule has 2 aromatic carbocycles. The van der Waals surface area contributed by atoms with Gasteiger partial charge >= 0.3 is 5.97 Å².